The van der Waals surface area contributed by atoms with Gasteiger partial charge in [0, 0.05) is 12.6 Å². The SMILES string of the molecule is C=CC(=O)NC1CC2CCCCN2C1=O. The van der Waals surface area contributed by atoms with E-state index < -0.39 is 0 Å². The van der Waals surface area contributed by atoms with Gasteiger partial charge in [-0.3, -0.25) is 9.59 Å². The summed E-state index contributed by atoms with van der Waals surface area (Å²) in [5.41, 5.74) is 0. The van der Waals surface area contributed by atoms with Gasteiger partial charge in [0.2, 0.25) is 11.8 Å². The Labute approximate surface area is 89.3 Å². The van der Waals surface area contributed by atoms with Crippen LogP contribution in [0.3, 0.4) is 0 Å². The summed E-state index contributed by atoms with van der Waals surface area (Å²) < 4.78 is 0. The highest BCUT2D eigenvalue weighted by molar-refractivity contribution is 5.93. The molecule has 15 heavy (non-hydrogen) atoms. The van der Waals surface area contributed by atoms with Crippen molar-refractivity contribution < 1.29 is 9.59 Å². The number of carbonyl (C=O) groups is 2. The van der Waals surface area contributed by atoms with Crippen molar-refractivity contribution in [1.29, 1.82) is 0 Å². The van der Waals surface area contributed by atoms with Gasteiger partial charge in [0.25, 0.3) is 0 Å². The Bertz CT molecular complexity index is 301. The molecule has 0 aromatic heterocycles. The zero-order valence-electron chi connectivity index (χ0n) is 8.74. The molecular weight excluding hydrogens is 192 g/mol. The third-order valence-corrected chi connectivity index (χ3v) is 3.22. The minimum atomic E-state index is -0.321. The first-order chi connectivity index (χ1) is 7.22. The maximum atomic E-state index is 11.9. The van der Waals surface area contributed by atoms with Crippen molar-refractivity contribution in [1.82, 2.24) is 10.2 Å². The molecule has 2 heterocycles. The van der Waals surface area contributed by atoms with Gasteiger partial charge < -0.3 is 10.2 Å². The number of fused-ring (bicyclic) bond motifs is 1. The minimum absolute atomic E-state index is 0.0786. The number of nitrogens with zero attached hydrogens (tertiary/aromatic N) is 1. The lowest BCUT2D eigenvalue weighted by atomic mass is 10.0. The number of carbonyl (C=O) groups excluding carboxylic acids is 2. The molecular formula is C11H16N2O2. The molecule has 0 radical (unpaired) electrons. The fourth-order valence-corrected chi connectivity index (χ4v) is 2.46. The van der Waals surface area contributed by atoms with Crippen LogP contribution in [-0.2, 0) is 9.59 Å². The average Bonchev–Trinajstić information content (AvgIpc) is 2.57. The fourth-order valence-electron chi connectivity index (χ4n) is 2.46. The molecule has 2 saturated heterocycles. The van der Waals surface area contributed by atoms with Crippen molar-refractivity contribution in [2.75, 3.05) is 6.54 Å². The maximum Gasteiger partial charge on any atom is 0.245 e. The topological polar surface area (TPSA) is 49.4 Å². The van der Waals surface area contributed by atoms with Crippen LogP contribution in [0.2, 0.25) is 0 Å². The van der Waals surface area contributed by atoms with Gasteiger partial charge in [-0.25, -0.2) is 0 Å². The molecule has 0 bridgehead atoms. The number of amides is 2. The molecule has 0 aromatic carbocycles. The van der Waals surface area contributed by atoms with Crippen LogP contribution in [-0.4, -0.2) is 35.3 Å². The molecule has 0 spiro atoms. The van der Waals surface area contributed by atoms with Crippen LogP contribution in [0.15, 0.2) is 12.7 Å². The Balaban J connectivity index is 2.01. The quantitative estimate of drug-likeness (QED) is 0.669. The van der Waals surface area contributed by atoms with Gasteiger partial charge in [-0.15, -0.1) is 0 Å². The highest BCUT2D eigenvalue weighted by Crippen LogP contribution is 2.27. The van der Waals surface area contributed by atoms with E-state index in [2.05, 4.69) is 11.9 Å². The van der Waals surface area contributed by atoms with E-state index in [1.54, 1.807) is 0 Å². The van der Waals surface area contributed by atoms with Gasteiger partial charge in [-0.1, -0.05) is 6.58 Å². The highest BCUT2D eigenvalue weighted by Gasteiger charge is 2.40. The second kappa shape index (κ2) is 4.04. The minimum Gasteiger partial charge on any atom is -0.341 e. The Hall–Kier alpha value is -1.32. The molecule has 4 heteroatoms. The largest absolute Gasteiger partial charge is 0.341 e. The standard InChI is InChI=1S/C11H16N2O2/c1-2-10(14)12-9-7-8-5-3-4-6-13(8)11(9)15/h2,8-9H,1,3-7H2,(H,12,14). The Morgan fingerprint density at radius 2 is 2.33 bits per heavy atom. The summed E-state index contributed by atoms with van der Waals surface area (Å²) in [4.78, 5) is 24.9. The van der Waals surface area contributed by atoms with Crippen LogP contribution in [0.4, 0.5) is 0 Å². The smallest absolute Gasteiger partial charge is 0.245 e. The van der Waals surface area contributed by atoms with Gasteiger partial charge in [-0.05, 0) is 31.8 Å². The zero-order valence-corrected chi connectivity index (χ0v) is 8.74. The normalized spacial score (nSPS) is 29.9. The molecule has 2 rings (SSSR count). The van der Waals surface area contributed by atoms with Crippen molar-refractivity contribution in [3.63, 3.8) is 0 Å². The molecule has 4 nitrogen and oxygen atoms in total. The first-order valence-electron chi connectivity index (χ1n) is 5.46. The lowest BCUT2D eigenvalue weighted by molar-refractivity contribution is -0.133. The molecule has 82 valence electrons. The predicted octanol–water partition coefficient (Wildman–Crippen LogP) is 0.442. The van der Waals surface area contributed by atoms with Crippen LogP contribution in [0.5, 0.6) is 0 Å². The van der Waals surface area contributed by atoms with Crippen LogP contribution in [0.1, 0.15) is 25.7 Å². The van der Waals surface area contributed by atoms with Gasteiger partial charge >= 0.3 is 0 Å². The van der Waals surface area contributed by atoms with E-state index >= 15 is 0 Å². The molecule has 1 N–H and O–H groups in total. The van der Waals surface area contributed by atoms with Gasteiger partial charge in [0.1, 0.15) is 6.04 Å². The highest BCUT2D eigenvalue weighted by atomic mass is 16.2. The van der Waals surface area contributed by atoms with Crippen molar-refractivity contribution in [3.05, 3.63) is 12.7 Å². The van der Waals surface area contributed by atoms with E-state index in [1.807, 2.05) is 4.90 Å². The van der Waals surface area contributed by atoms with E-state index in [9.17, 15) is 9.59 Å². The number of nitrogens with one attached hydrogen (secondary N) is 1. The summed E-state index contributed by atoms with van der Waals surface area (Å²) in [5.74, 6) is -0.178. The molecule has 2 amide bonds. The van der Waals surface area contributed by atoms with Gasteiger partial charge in [-0.2, -0.15) is 0 Å². The summed E-state index contributed by atoms with van der Waals surface area (Å²) in [6, 6.07) is 0.0277. The molecule has 2 fully saturated rings. The van der Waals surface area contributed by atoms with E-state index in [-0.39, 0.29) is 17.9 Å². The molecule has 2 aliphatic rings. The molecule has 0 saturated carbocycles. The average molecular weight is 208 g/mol. The monoisotopic (exact) mass is 208 g/mol. The summed E-state index contributed by atoms with van der Waals surface area (Å²) >= 11 is 0. The van der Waals surface area contributed by atoms with Crippen LogP contribution in [0, 0.1) is 0 Å². The second-order valence-corrected chi connectivity index (χ2v) is 4.18. The molecule has 0 aliphatic carbocycles. The number of hydrogen-bond acceptors (Lipinski definition) is 2. The third kappa shape index (κ3) is 1.89. The lowest BCUT2D eigenvalue weighted by Gasteiger charge is -2.28. The van der Waals surface area contributed by atoms with Crippen LogP contribution < -0.4 is 5.32 Å². The first kappa shape index (κ1) is 10.2. The van der Waals surface area contributed by atoms with Crippen molar-refractivity contribution in [3.8, 4) is 0 Å². The lowest BCUT2D eigenvalue weighted by Crippen LogP contribution is -2.42. The number of rotatable bonds is 2. The third-order valence-electron chi connectivity index (χ3n) is 3.22. The van der Waals surface area contributed by atoms with Gasteiger partial charge in [0.15, 0.2) is 0 Å². The van der Waals surface area contributed by atoms with Gasteiger partial charge in [0.05, 0.1) is 0 Å². The summed E-state index contributed by atoms with van der Waals surface area (Å²) in [7, 11) is 0. The second-order valence-electron chi connectivity index (χ2n) is 4.18. The first-order valence-corrected chi connectivity index (χ1v) is 5.46. The Morgan fingerprint density at radius 1 is 1.53 bits per heavy atom. The maximum absolute atomic E-state index is 11.9. The van der Waals surface area contributed by atoms with E-state index in [0.29, 0.717) is 6.04 Å². The Morgan fingerprint density at radius 3 is 3.00 bits per heavy atom. The number of piperidine rings is 1. The van der Waals surface area contributed by atoms with Crippen molar-refractivity contribution in [2.24, 2.45) is 0 Å². The molecule has 2 atom stereocenters. The van der Waals surface area contributed by atoms with E-state index in [4.69, 9.17) is 0 Å². The van der Waals surface area contributed by atoms with E-state index in [0.717, 1.165) is 25.8 Å². The fraction of sp³-hybridized carbons (Fsp3) is 0.636. The van der Waals surface area contributed by atoms with E-state index in [1.165, 1.54) is 12.5 Å². The predicted molar refractivity (Wildman–Crippen MR) is 56.1 cm³/mol. The summed E-state index contributed by atoms with van der Waals surface area (Å²) in [5, 5.41) is 2.69. The Kier molecular flexibility index (Phi) is 2.75. The zero-order chi connectivity index (χ0) is 10.8. The molecule has 2 unspecified atom stereocenters. The van der Waals surface area contributed by atoms with Crippen LogP contribution >= 0.6 is 0 Å². The van der Waals surface area contributed by atoms with Crippen LogP contribution in [0.25, 0.3) is 0 Å². The molecule has 2 aliphatic heterocycles. The summed E-state index contributed by atoms with van der Waals surface area (Å²) in [6.07, 6.45) is 5.33. The molecule has 0 aromatic rings. The van der Waals surface area contributed by atoms with Crippen molar-refractivity contribution in [2.45, 2.75) is 37.8 Å². The summed E-state index contributed by atoms with van der Waals surface area (Å²) in [6.45, 7) is 4.23. The number of hydrogen-bond donors (Lipinski definition) is 1. The van der Waals surface area contributed by atoms with Crippen molar-refractivity contribution >= 4 is 11.8 Å².